The molecule has 0 spiro atoms. The van der Waals surface area contributed by atoms with Crippen LogP contribution in [0, 0.1) is 6.92 Å². The summed E-state index contributed by atoms with van der Waals surface area (Å²) in [5.74, 6) is 0.936. The first-order valence-electron chi connectivity index (χ1n) is 11.2. The summed E-state index contributed by atoms with van der Waals surface area (Å²) in [6.45, 7) is 2.31. The smallest absolute Gasteiger partial charge is 0.252 e. The number of nitrogens with one attached hydrogen (secondary N) is 1. The molecule has 1 amide bonds. The third kappa shape index (κ3) is 3.71. The van der Waals surface area contributed by atoms with Gasteiger partial charge in [-0.1, -0.05) is 18.2 Å². The molecule has 1 aliphatic carbocycles. The van der Waals surface area contributed by atoms with Gasteiger partial charge in [-0.3, -0.25) is 4.79 Å². The highest BCUT2D eigenvalue weighted by Crippen LogP contribution is 2.40. The Bertz CT molecular complexity index is 1470. The number of fused-ring (bicyclic) bond motifs is 1. The molecule has 0 unspecified atom stereocenters. The molecular weight excluding hydrogens is 428 g/mol. The second kappa shape index (κ2) is 8.18. The van der Waals surface area contributed by atoms with Gasteiger partial charge in [0, 0.05) is 24.4 Å². The van der Waals surface area contributed by atoms with E-state index in [1.54, 1.807) is 21.9 Å². The van der Waals surface area contributed by atoms with Crippen LogP contribution in [0.3, 0.4) is 0 Å². The summed E-state index contributed by atoms with van der Waals surface area (Å²) in [7, 11) is 0. The molecular formula is C25H22N8O. The van der Waals surface area contributed by atoms with Gasteiger partial charge in [0.05, 0.1) is 22.3 Å². The maximum absolute atomic E-state index is 13.4. The van der Waals surface area contributed by atoms with Gasteiger partial charge in [-0.2, -0.15) is 14.9 Å². The van der Waals surface area contributed by atoms with Crippen LogP contribution >= 0.6 is 0 Å². The molecule has 168 valence electrons. The summed E-state index contributed by atoms with van der Waals surface area (Å²) in [5, 5.41) is 12.6. The zero-order valence-electron chi connectivity index (χ0n) is 18.6. The van der Waals surface area contributed by atoms with Gasteiger partial charge in [0.15, 0.2) is 11.5 Å². The Labute approximate surface area is 195 Å². The monoisotopic (exact) mass is 450 g/mol. The van der Waals surface area contributed by atoms with Crippen molar-refractivity contribution in [3.05, 3.63) is 89.9 Å². The lowest BCUT2D eigenvalue weighted by Gasteiger charge is -2.10. The lowest BCUT2D eigenvalue weighted by Crippen LogP contribution is -2.23. The maximum atomic E-state index is 13.4. The van der Waals surface area contributed by atoms with Crippen LogP contribution in [-0.2, 0) is 6.54 Å². The van der Waals surface area contributed by atoms with E-state index in [-0.39, 0.29) is 5.91 Å². The summed E-state index contributed by atoms with van der Waals surface area (Å²) in [6, 6.07) is 15.4. The predicted molar refractivity (Wildman–Crippen MR) is 126 cm³/mol. The summed E-state index contributed by atoms with van der Waals surface area (Å²) in [4.78, 5) is 26.7. The first-order chi connectivity index (χ1) is 16.7. The Morgan fingerprint density at radius 3 is 2.71 bits per heavy atom. The van der Waals surface area contributed by atoms with Crippen molar-refractivity contribution in [1.29, 1.82) is 0 Å². The number of nitrogens with zero attached hydrogens (tertiary/aromatic N) is 7. The third-order valence-electron chi connectivity index (χ3n) is 6.01. The van der Waals surface area contributed by atoms with Gasteiger partial charge in [-0.05, 0) is 55.7 Å². The number of hydrogen-bond donors (Lipinski definition) is 1. The van der Waals surface area contributed by atoms with Crippen molar-refractivity contribution in [1.82, 2.24) is 39.8 Å². The zero-order valence-corrected chi connectivity index (χ0v) is 18.6. The van der Waals surface area contributed by atoms with Crippen LogP contribution in [0.1, 0.15) is 46.1 Å². The van der Waals surface area contributed by atoms with Crippen molar-refractivity contribution in [3.63, 3.8) is 0 Å². The molecule has 1 aromatic carbocycles. The first-order valence-corrected chi connectivity index (χ1v) is 11.2. The fourth-order valence-electron chi connectivity index (χ4n) is 4.10. The van der Waals surface area contributed by atoms with Crippen molar-refractivity contribution in [2.24, 2.45) is 0 Å². The lowest BCUT2D eigenvalue weighted by atomic mass is 10.1. The number of pyridine rings is 2. The molecule has 1 saturated carbocycles. The van der Waals surface area contributed by atoms with E-state index in [1.165, 1.54) is 6.33 Å². The van der Waals surface area contributed by atoms with Crippen LogP contribution in [0.2, 0.25) is 0 Å². The Morgan fingerprint density at radius 1 is 1.15 bits per heavy atom. The van der Waals surface area contributed by atoms with E-state index in [0.717, 1.165) is 40.9 Å². The van der Waals surface area contributed by atoms with Gasteiger partial charge < -0.3 is 5.32 Å². The zero-order chi connectivity index (χ0) is 23.1. The molecule has 0 radical (unpaired) electrons. The van der Waals surface area contributed by atoms with Crippen LogP contribution in [0.15, 0.2) is 67.4 Å². The molecule has 0 bridgehead atoms. The third-order valence-corrected chi connectivity index (χ3v) is 6.01. The van der Waals surface area contributed by atoms with Crippen molar-refractivity contribution in [3.8, 4) is 11.5 Å². The second-order valence-electron chi connectivity index (χ2n) is 8.44. The Hall–Kier alpha value is -4.40. The average Bonchev–Trinajstić information content (AvgIpc) is 3.48. The summed E-state index contributed by atoms with van der Waals surface area (Å²) >= 11 is 0. The number of amides is 1. The largest absolute Gasteiger partial charge is 0.348 e. The average molecular weight is 451 g/mol. The number of rotatable bonds is 6. The summed E-state index contributed by atoms with van der Waals surface area (Å²) in [5.41, 5.74) is 4.86. The van der Waals surface area contributed by atoms with Crippen molar-refractivity contribution in [2.45, 2.75) is 32.2 Å². The lowest BCUT2D eigenvalue weighted by molar-refractivity contribution is 0.0952. The molecule has 1 N–H and O–H groups in total. The topological polar surface area (TPSA) is 103 Å². The van der Waals surface area contributed by atoms with Gasteiger partial charge in [0.1, 0.15) is 12.7 Å². The molecule has 0 atom stereocenters. The molecule has 5 aromatic rings. The van der Waals surface area contributed by atoms with Gasteiger partial charge >= 0.3 is 0 Å². The van der Waals surface area contributed by atoms with Gasteiger partial charge in [-0.25, -0.2) is 19.6 Å². The van der Waals surface area contributed by atoms with E-state index in [0.29, 0.717) is 29.5 Å². The predicted octanol–water partition coefficient (Wildman–Crippen LogP) is 3.51. The molecule has 34 heavy (non-hydrogen) atoms. The fourth-order valence-corrected chi connectivity index (χ4v) is 4.10. The molecule has 1 aliphatic rings. The number of carbonyl (C=O) groups excluding carboxylic acids is 1. The summed E-state index contributed by atoms with van der Waals surface area (Å²) < 4.78 is 3.42. The highest BCUT2D eigenvalue weighted by molar-refractivity contribution is 6.06. The van der Waals surface area contributed by atoms with Gasteiger partial charge in [-0.15, -0.1) is 0 Å². The number of aryl methyl sites for hydroxylation is 1. The van der Waals surface area contributed by atoms with E-state index in [2.05, 4.69) is 25.5 Å². The Balaban J connectivity index is 1.31. The van der Waals surface area contributed by atoms with Crippen molar-refractivity contribution in [2.75, 3.05) is 0 Å². The SMILES string of the molecule is Cc1nn(-c2ccccn2)c2nc(C3CC3)cc(C(=O)NCc3ccc(-n4cncn4)cc3)c12. The number of aromatic nitrogens is 7. The normalized spacial score (nSPS) is 13.3. The molecule has 0 saturated heterocycles. The standard InChI is InChI=1S/C25H22N8O/c1-16-23-20(25(34)28-13-17-5-9-19(10-6-17)32-15-26-14-29-32)12-21(18-7-8-18)30-24(23)33(31-16)22-4-2-3-11-27-22/h2-6,9-12,14-15,18H,7-8,13H2,1H3,(H,28,34). The van der Waals surface area contributed by atoms with Crippen LogP contribution in [0.25, 0.3) is 22.5 Å². The molecule has 9 nitrogen and oxygen atoms in total. The fraction of sp³-hybridized carbons (Fsp3) is 0.200. The van der Waals surface area contributed by atoms with Crippen LogP contribution in [0.5, 0.6) is 0 Å². The minimum Gasteiger partial charge on any atom is -0.348 e. The molecule has 4 heterocycles. The number of hydrogen-bond acceptors (Lipinski definition) is 6. The molecule has 4 aromatic heterocycles. The van der Waals surface area contributed by atoms with E-state index in [1.807, 2.05) is 55.5 Å². The Kier molecular flexibility index (Phi) is 4.87. The van der Waals surface area contributed by atoms with Gasteiger partial charge in [0.2, 0.25) is 0 Å². The quantitative estimate of drug-likeness (QED) is 0.425. The van der Waals surface area contributed by atoms with Crippen LogP contribution < -0.4 is 5.32 Å². The van der Waals surface area contributed by atoms with Gasteiger partial charge in [0.25, 0.3) is 5.91 Å². The van der Waals surface area contributed by atoms with E-state index < -0.39 is 0 Å². The minimum absolute atomic E-state index is 0.140. The van der Waals surface area contributed by atoms with Crippen molar-refractivity contribution >= 4 is 16.9 Å². The molecule has 6 rings (SSSR count). The van der Waals surface area contributed by atoms with E-state index >= 15 is 0 Å². The van der Waals surface area contributed by atoms with E-state index in [4.69, 9.17) is 4.98 Å². The van der Waals surface area contributed by atoms with Crippen LogP contribution in [-0.4, -0.2) is 40.4 Å². The van der Waals surface area contributed by atoms with Crippen molar-refractivity contribution < 1.29 is 4.79 Å². The number of benzene rings is 1. The number of carbonyl (C=O) groups is 1. The highest BCUT2D eigenvalue weighted by Gasteiger charge is 2.29. The Morgan fingerprint density at radius 2 is 2.00 bits per heavy atom. The second-order valence-corrected chi connectivity index (χ2v) is 8.44. The van der Waals surface area contributed by atoms with Crippen LogP contribution in [0.4, 0.5) is 0 Å². The maximum Gasteiger partial charge on any atom is 0.252 e. The summed E-state index contributed by atoms with van der Waals surface area (Å²) in [6.07, 6.45) is 7.06. The molecule has 0 aliphatic heterocycles. The first kappa shape index (κ1) is 20.2. The molecule has 9 heteroatoms. The molecule has 1 fully saturated rings. The highest BCUT2D eigenvalue weighted by atomic mass is 16.1. The van der Waals surface area contributed by atoms with E-state index in [9.17, 15) is 4.79 Å². The minimum atomic E-state index is -0.140.